The number of carbonyl (C=O) groups is 1. The smallest absolute Gasteiger partial charge is 0.356 e. The van der Waals surface area contributed by atoms with E-state index in [1.807, 2.05) is 29.7 Å². The monoisotopic (exact) mass is 259 g/mol. The van der Waals surface area contributed by atoms with Crippen molar-refractivity contribution in [3.05, 3.63) is 35.4 Å². The van der Waals surface area contributed by atoms with Gasteiger partial charge < -0.3 is 14.8 Å². The third-order valence-corrected chi connectivity index (χ3v) is 3.72. The Hall–Kier alpha value is -1.88. The number of hydrogen-bond acceptors (Lipinski definition) is 3. The topological polar surface area (TPSA) is 66.6 Å². The minimum atomic E-state index is -0.957. The van der Waals surface area contributed by atoms with Crippen molar-refractivity contribution in [3.63, 3.8) is 0 Å². The van der Waals surface area contributed by atoms with Crippen LogP contribution in [0.25, 0.3) is 5.52 Å². The number of aromatic carboxylic acids is 1. The number of imidazole rings is 1. The summed E-state index contributed by atoms with van der Waals surface area (Å²) in [6, 6.07) is 3.77. The summed E-state index contributed by atoms with van der Waals surface area (Å²) in [6.07, 6.45) is 3.99. The van der Waals surface area contributed by atoms with Crippen LogP contribution >= 0.6 is 0 Å². The van der Waals surface area contributed by atoms with Crippen LogP contribution < -0.4 is 5.32 Å². The standard InChI is InChI=1S/C14H17N3O2/c1-9-2-3-11-12(14(18)19)16-13(17(11)8-9)10-4-6-15-7-5-10/h2-3,8,10,15H,4-7H2,1H3,(H,18,19). The van der Waals surface area contributed by atoms with Crippen LogP contribution in [0.5, 0.6) is 0 Å². The summed E-state index contributed by atoms with van der Waals surface area (Å²) in [5.74, 6) is 0.266. The second-order valence-corrected chi connectivity index (χ2v) is 5.11. The van der Waals surface area contributed by atoms with Crippen LogP contribution in [0.3, 0.4) is 0 Å². The first-order valence-corrected chi connectivity index (χ1v) is 6.59. The average molecular weight is 259 g/mol. The molecule has 1 fully saturated rings. The van der Waals surface area contributed by atoms with Gasteiger partial charge in [-0.3, -0.25) is 0 Å². The van der Waals surface area contributed by atoms with Gasteiger partial charge in [-0.2, -0.15) is 0 Å². The molecule has 3 rings (SSSR count). The van der Waals surface area contributed by atoms with E-state index in [1.165, 1.54) is 0 Å². The Morgan fingerprint density at radius 3 is 2.84 bits per heavy atom. The zero-order valence-corrected chi connectivity index (χ0v) is 10.9. The van der Waals surface area contributed by atoms with Crippen molar-refractivity contribution in [1.82, 2.24) is 14.7 Å². The van der Waals surface area contributed by atoms with Crippen molar-refractivity contribution < 1.29 is 9.90 Å². The van der Waals surface area contributed by atoms with Gasteiger partial charge in [0.1, 0.15) is 5.82 Å². The summed E-state index contributed by atoms with van der Waals surface area (Å²) in [5, 5.41) is 12.6. The first kappa shape index (κ1) is 12.2. The van der Waals surface area contributed by atoms with Gasteiger partial charge >= 0.3 is 5.97 Å². The van der Waals surface area contributed by atoms with Gasteiger partial charge in [0.15, 0.2) is 5.69 Å². The Bertz CT molecular complexity index is 627. The summed E-state index contributed by atoms with van der Waals surface area (Å²) in [4.78, 5) is 15.7. The fourth-order valence-electron chi connectivity index (χ4n) is 2.74. The van der Waals surface area contributed by atoms with E-state index in [0.717, 1.165) is 37.3 Å². The van der Waals surface area contributed by atoms with Crippen LogP contribution in [0.15, 0.2) is 18.3 Å². The predicted octanol–water partition coefficient (Wildman–Crippen LogP) is 1.81. The third kappa shape index (κ3) is 2.10. The van der Waals surface area contributed by atoms with Gasteiger partial charge in [-0.1, -0.05) is 6.07 Å². The van der Waals surface area contributed by atoms with Gasteiger partial charge in [-0.15, -0.1) is 0 Å². The molecule has 0 saturated carbocycles. The highest BCUT2D eigenvalue weighted by atomic mass is 16.4. The number of aryl methyl sites for hydroxylation is 1. The Morgan fingerprint density at radius 2 is 2.16 bits per heavy atom. The molecule has 5 heteroatoms. The van der Waals surface area contributed by atoms with Crippen molar-refractivity contribution in [2.75, 3.05) is 13.1 Å². The Kier molecular flexibility index (Phi) is 2.98. The first-order chi connectivity index (χ1) is 9.16. The van der Waals surface area contributed by atoms with Gasteiger partial charge in [0.25, 0.3) is 0 Å². The summed E-state index contributed by atoms with van der Waals surface area (Å²) in [5.41, 5.74) is 1.96. The Labute approximate surface area is 111 Å². The summed E-state index contributed by atoms with van der Waals surface area (Å²) < 4.78 is 1.95. The molecule has 0 radical (unpaired) electrons. The van der Waals surface area contributed by atoms with Gasteiger partial charge in [0.05, 0.1) is 5.52 Å². The minimum Gasteiger partial charge on any atom is -0.476 e. The van der Waals surface area contributed by atoms with Crippen LogP contribution in [-0.4, -0.2) is 33.6 Å². The maximum absolute atomic E-state index is 11.3. The molecular weight excluding hydrogens is 242 g/mol. The molecule has 1 saturated heterocycles. The van der Waals surface area contributed by atoms with E-state index in [1.54, 1.807) is 0 Å². The molecular formula is C14H17N3O2. The highest BCUT2D eigenvalue weighted by Crippen LogP contribution is 2.27. The lowest BCUT2D eigenvalue weighted by molar-refractivity contribution is 0.0693. The van der Waals surface area contributed by atoms with Crippen molar-refractivity contribution in [2.45, 2.75) is 25.7 Å². The second kappa shape index (κ2) is 4.66. The first-order valence-electron chi connectivity index (χ1n) is 6.59. The van der Waals surface area contributed by atoms with Crippen LogP contribution in [-0.2, 0) is 0 Å². The molecule has 100 valence electrons. The lowest BCUT2D eigenvalue weighted by Gasteiger charge is -2.21. The maximum Gasteiger partial charge on any atom is 0.356 e. The second-order valence-electron chi connectivity index (χ2n) is 5.11. The molecule has 1 aliphatic rings. The quantitative estimate of drug-likeness (QED) is 0.863. The number of aromatic nitrogens is 2. The number of nitrogens with zero attached hydrogens (tertiary/aromatic N) is 2. The molecule has 19 heavy (non-hydrogen) atoms. The fourth-order valence-corrected chi connectivity index (χ4v) is 2.74. The molecule has 0 bridgehead atoms. The number of carboxylic acid groups (broad SMARTS) is 1. The summed E-state index contributed by atoms with van der Waals surface area (Å²) in [6.45, 7) is 3.94. The van der Waals surface area contributed by atoms with E-state index in [0.29, 0.717) is 11.4 Å². The van der Waals surface area contributed by atoms with Crippen molar-refractivity contribution in [1.29, 1.82) is 0 Å². The minimum absolute atomic E-state index is 0.161. The molecule has 2 aromatic rings. The van der Waals surface area contributed by atoms with E-state index < -0.39 is 5.97 Å². The average Bonchev–Trinajstić information content (AvgIpc) is 2.78. The maximum atomic E-state index is 11.3. The highest BCUT2D eigenvalue weighted by Gasteiger charge is 2.24. The summed E-state index contributed by atoms with van der Waals surface area (Å²) >= 11 is 0. The highest BCUT2D eigenvalue weighted by molar-refractivity contribution is 5.93. The van der Waals surface area contributed by atoms with Crippen LogP contribution in [0, 0.1) is 6.92 Å². The van der Waals surface area contributed by atoms with Crippen molar-refractivity contribution in [2.24, 2.45) is 0 Å². The van der Waals surface area contributed by atoms with Crippen LogP contribution in [0.4, 0.5) is 0 Å². The van der Waals surface area contributed by atoms with Gasteiger partial charge in [-0.25, -0.2) is 9.78 Å². The van der Waals surface area contributed by atoms with Crippen LogP contribution in [0.1, 0.15) is 40.6 Å². The van der Waals surface area contributed by atoms with Crippen molar-refractivity contribution >= 4 is 11.5 Å². The zero-order chi connectivity index (χ0) is 13.4. The molecule has 2 aromatic heterocycles. The molecule has 0 spiro atoms. The van der Waals surface area contributed by atoms with Crippen LogP contribution in [0.2, 0.25) is 0 Å². The Balaban J connectivity index is 2.17. The fraction of sp³-hybridized carbons (Fsp3) is 0.429. The molecule has 1 aliphatic heterocycles. The number of piperidine rings is 1. The van der Waals surface area contributed by atoms with Gasteiger partial charge in [-0.05, 0) is 44.5 Å². The van der Waals surface area contributed by atoms with Gasteiger partial charge in [0, 0.05) is 12.1 Å². The lowest BCUT2D eigenvalue weighted by Crippen LogP contribution is -2.27. The normalized spacial score (nSPS) is 16.9. The molecule has 0 aromatic carbocycles. The third-order valence-electron chi connectivity index (χ3n) is 3.72. The van der Waals surface area contributed by atoms with E-state index in [4.69, 9.17) is 0 Å². The number of pyridine rings is 1. The zero-order valence-electron chi connectivity index (χ0n) is 10.9. The number of fused-ring (bicyclic) bond motifs is 1. The molecule has 3 heterocycles. The van der Waals surface area contributed by atoms with E-state index in [2.05, 4.69) is 10.3 Å². The number of nitrogens with one attached hydrogen (secondary N) is 1. The summed E-state index contributed by atoms with van der Waals surface area (Å²) in [7, 11) is 0. The van der Waals surface area contributed by atoms with Gasteiger partial charge in [0.2, 0.25) is 0 Å². The molecule has 5 nitrogen and oxygen atoms in total. The molecule has 0 atom stereocenters. The Morgan fingerprint density at radius 1 is 1.42 bits per heavy atom. The van der Waals surface area contributed by atoms with E-state index in [-0.39, 0.29) is 5.69 Å². The van der Waals surface area contributed by atoms with E-state index in [9.17, 15) is 9.90 Å². The molecule has 0 aliphatic carbocycles. The number of carboxylic acids is 1. The molecule has 0 amide bonds. The predicted molar refractivity (Wildman–Crippen MR) is 71.7 cm³/mol. The molecule has 0 unspecified atom stereocenters. The largest absolute Gasteiger partial charge is 0.476 e. The lowest BCUT2D eigenvalue weighted by atomic mass is 9.97. The number of hydrogen-bond donors (Lipinski definition) is 2. The van der Waals surface area contributed by atoms with Crippen molar-refractivity contribution in [3.8, 4) is 0 Å². The molecule has 2 N–H and O–H groups in total. The SMILES string of the molecule is Cc1ccc2c(C(=O)O)nc(C3CCNCC3)n2c1. The number of rotatable bonds is 2. The van der Waals surface area contributed by atoms with E-state index >= 15 is 0 Å².